The maximum Gasteiger partial charge on any atom is 0.317 e. The standard InChI is InChI=1S/C27H32N4O2S/c1-3-4-14-28-27(33)31-15-12-21(13-16-31)26-30-24(18-34-26)25(32)29-23-11-10-19(2)17-22(23)20-8-6-5-7-9-20/h5-11,17-18,21H,3-4,12-16H2,1-2H3,(H,28,33)(H,29,32). The highest BCUT2D eigenvalue weighted by Gasteiger charge is 2.26. The van der Waals surface area contributed by atoms with Crippen LogP contribution < -0.4 is 10.6 Å². The third-order valence-corrected chi connectivity index (χ3v) is 7.21. The molecule has 1 aliphatic rings. The molecule has 3 amide bonds. The normalized spacial score (nSPS) is 14.1. The Kier molecular flexibility index (Phi) is 7.95. The number of amides is 3. The predicted molar refractivity (Wildman–Crippen MR) is 139 cm³/mol. The highest BCUT2D eigenvalue weighted by molar-refractivity contribution is 7.10. The van der Waals surface area contributed by atoms with Crippen LogP contribution in [0.15, 0.2) is 53.9 Å². The number of nitrogens with zero attached hydrogens (tertiary/aromatic N) is 2. The van der Waals surface area contributed by atoms with Gasteiger partial charge in [-0.25, -0.2) is 9.78 Å². The van der Waals surface area contributed by atoms with Crippen molar-refractivity contribution in [3.05, 3.63) is 70.2 Å². The summed E-state index contributed by atoms with van der Waals surface area (Å²) < 4.78 is 0. The van der Waals surface area contributed by atoms with Gasteiger partial charge in [-0.05, 0) is 43.9 Å². The molecule has 1 fully saturated rings. The maximum atomic E-state index is 13.0. The number of aromatic nitrogens is 1. The lowest BCUT2D eigenvalue weighted by Crippen LogP contribution is -2.44. The Labute approximate surface area is 205 Å². The minimum Gasteiger partial charge on any atom is -0.338 e. The Bertz CT molecular complexity index is 1120. The van der Waals surface area contributed by atoms with Crippen LogP contribution in [0.4, 0.5) is 10.5 Å². The van der Waals surface area contributed by atoms with Crippen LogP contribution in [-0.2, 0) is 0 Å². The first kappa shape index (κ1) is 24.0. The fraction of sp³-hybridized carbons (Fsp3) is 0.370. The van der Waals surface area contributed by atoms with Crippen LogP contribution in [-0.4, -0.2) is 41.5 Å². The average Bonchev–Trinajstić information content (AvgIpc) is 3.36. The Morgan fingerprint density at radius 3 is 2.62 bits per heavy atom. The molecule has 1 saturated heterocycles. The first-order valence-corrected chi connectivity index (χ1v) is 12.9. The van der Waals surface area contributed by atoms with Crippen molar-refractivity contribution >= 4 is 29.0 Å². The van der Waals surface area contributed by atoms with Crippen LogP contribution in [0.1, 0.15) is 59.6 Å². The van der Waals surface area contributed by atoms with E-state index in [1.54, 1.807) is 0 Å². The summed E-state index contributed by atoms with van der Waals surface area (Å²) in [5.74, 6) is 0.0850. The van der Waals surface area contributed by atoms with Gasteiger partial charge in [-0.15, -0.1) is 11.3 Å². The van der Waals surface area contributed by atoms with Gasteiger partial charge in [0.15, 0.2) is 0 Å². The van der Waals surface area contributed by atoms with Crippen molar-refractivity contribution < 1.29 is 9.59 Å². The Hall–Kier alpha value is -3.19. The van der Waals surface area contributed by atoms with E-state index in [9.17, 15) is 9.59 Å². The Morgan fingerprint density at radius 1 is 1.12 bits per heavy atom. The molecular formula is C27H32N4O2S. The summed E-state index contributed by atoms with van der Waals surface area (Å²) in [6.07, 6.45) is 3.80. The smallest absolute Gasteiger partial charge is 0.317 e. The Balaban J connectivity index is 1.38. The molecule has 2 N–H and O–H groups in total. The highest BCUT2D eigenvalue weighted by Crippen LogP contribution is 2.32. The van der Waals surface area contributed by atoms with E-state index in [2.05, 4.69) is 28.6 Å². The molecule has 4 rings (SSSR count). The molecular weight excluding hydrogens is 444 g/mol. The van der Waals surface area contributed by atoms with E-state index < -0.39 is 0 Å². The van der Waals surface area contributed by atoms with E-state index in [4.69, 9.17) is 0 Å². The third kappa shape index (κ3) is 5.83. The lowest BCUT2D eigenvalue weighted by atomic mass is 9.98. The molecule has 6 nitrogen and oxygen atoms in total. The van der Waals surface area contributed by atoms with E-state index in [1.807, 2.05) is 59.7 Å². The molecule has 0 saturated carbocycles. The van der Waals surface area contributed by atoms with Gasteiger partial charge in [0.05, 0.1) is 5.01 Å². The zero-order valence-electron chi connectivity index (χ0n) is 19.8. The minimum atomic E-state index is -0.198. The van der Waals surface area contributed by atoms with Gasteiger partial charge in [0, 0.05) is 42.2 Å². The van der Waals surface area contributed by atoms with Crippen LogP contribution >= 0.6 is 11.3 Å². The summed E-state index contributed by atoms with van der Waals surface area (Å²) in [6.45, 7) is 6.32. The van der Waals surface area contributed by atoms with Gasteiger partial charge in [-0.2, -0.15) is 0 Å². The number of hydrogen-bond donors (Lipinski definition) is 2. The molecule has 0 spiro atoms. The summed E-state index contributed by atoms with van der Waals surface area (Å²) in [7, 11) is 0. The number of urea groups is 1. The number of anilines is 1. The predicted octanol–water partition coefficient (Wildman–Crippen LogP) is 6.06. The molecule has 1 aromatic heterocycles. The van der Waals surface area contributed by atoms with Gasteiger partial charge in [0.2, 0.25) is 0 Å². The molecule has 1 aliphatic heterocycles. The number of aryl methyl sites for hydroxylation is 1. The Morgan fingerprint density at radius 2 is 1.88 bits per heavy atom. The zero-order valence-corrected chi connectivity index (χ0v) is 20.7. The van der Waals surface area contributed by atoms with Crippen LogP contribution in [0.3, 0.4) is 0 Å². The quantitative estimate of drug-likeness (QED) is 0.407. The molecule has 34 heavy (non-hydrogen) atoms. The van der Waals surface area contributed by atoms with Crippen molar-refractivity contribution in [2.75, 3.05) is 25.0 Å². The first-order valence-electron chi connectivity index (χ1n) is 12.0. The second-order valence-electron chi connectivity index (χ2n) is 8.79. The van der Waals surface area contributed by atoms with E-state index in [0.717, 1.165) is 59.6 Å². The van der Waals surface area contributed by atoms with Crippen molar-refractivity contribution in [3.63, 3.8) is 0 Å². The maximum absolute atomic E-state index is 13.0. The van der Waals surface area contributed by atoms with Gasteiger partial charge in [-0.1, -0.05) is 55.3 Å². The molecule has 0 aliphatic carbocycles. The molecule has 0 bridgehead atoms. The molecule has 3 aromatic rings. The van der Waals surface area contributed by atoms with Gasteiger partial charge >= 0.3 is 6.03 Å². The molecule has 0 radical (unpaired) electrons. The summed E-state index contributed by atoms with van der Waals surface area (Å²) in [5, 5.41) is 8.86. The van der Waals surface area contributed by atoms with Gasteiger partial charge in [-0.3, -0.25) is 4.79 Å². The zero-order chi connectivity index (χ0) is 23.9. The second-order valence-corrected chi connectivity index (χ2v) is 9.68. The topological polar surface area (TPSA) is 74.3 Å². The molecule has 2 aromatic carbocycles. The number of rotatable bonds is 7. The SMILES string of the molecule is CCCCNC(=O)N1CCC(c2nc(C(=O)Nc3ccc(C)cc3-c3ccccc3)cs2)CC1. The van der Waals surface area contributed by atoms with Crippen LogP contribution in [0.5, 0.6) is 0 Å². The summed E-state index contributed by atoms with van der Waals surface area (Å²) in [5.41, 5.74) is 4.41. The number of hydrogen-bond acceptors (Lipinski definition) is 4. The number of thiazole rings is 1. The van der Waals surface area contributed by atoms with E-state index in [1.165, 1.54) is 11.3 Å². The lowest BCUT2D eigenvalue weighted by Gasteiger charge is -2.31. The third-order valence-electron chi connectivity index (χ3n) is 6.20. The first-order chi connectivity index (χ1) is 16.5. The average molecular weight is 477 g/mol. The molecule has 0 unspecified atom stereocenters. The van der Waals surface area contributed by atoms with E-state index >= 15 is 0 Å². The number of nitrogens with one attached hydrogen (secondary N) is 2. The van der Waals surface area contributed by atoms with E-state index in [0.29, 0.717) is 18.8 Å². The monoisotopic (exact) mass is 476 g/mol. The van der Waals surface area contributed by atoms with Gasteiger partial charge < -0.3 is 15.5 Å². The van der Waals surface area contributed by atoms with Crippen molar-refractivity contribution in [1.29, 1.82) is 0 Å². The molecule has 7 heteroatoms. The number of carbonyl (C=O) groups excluding carboxylic acids is 2. The van der Waals surface area contributed by atoms with Crippen LogP contribution in [0, 0.1) is 6.92 Å². The number of unbranched alkanes of at least 4 members (excludes halogenated alkanes) is 1. The number of benzene rings is 2. The van der Waals surface area contributed by atoms with Crippen molar-refractivity contribution in [2.24, 2.45) is 0 Å². The fourth-order valence-electron chi connectivity index (χ4n) is 4.20. The van der Waals surface area contributed by atoms with Crippen molar-refractivity contribution in [1.82, 2.24) is 15.2 Å². The second kappa shape index (κ2) is 11.3. The molecule has 178 valence electrons. The molecule has 0 atom stereocenters. The lowest BCUT2D eigenvalue weighted by molar-refractivity contribution is 0.102. The summed E-state index contributed by atoms with van der Waals surface area (Å²) in [6, 6.07) is 16.1. The largest absolute Gasteiger partial charge is 0.338 e. The fourth-order valence-corrected chi connectivity index (χ4v) is 5.17. The van der Waals surface area contributed by atoms with Crippen molar-refractivity contribution in [3.8, 4) is 11.1 Å². The van der Waals surface area contributed by atoms with Crippen molar-refractivity contribution in [2.45, 2.75) is 45.4 Å². The summed E-state index contributed by atoms with van der Waals surface area (Å²) in [4.78, 5) is 31.9. The van der Waals surface area contributed by atoms with Crippen LogP contribution in [0.25, 0.3) is 11.1 Å². The van der Waals surface area contributed by atoms with Crippen LogP contribution in [0.2, 0.25) is 0 Å². The van der Waals surface area contributed by atoms with E-state index in [-0.39, 0.29) is 17.9 Å². The molecule has 2 heterocycles. The number of likely N-dealkylation sites (tertiary alicyclic amines) is 1. The van der Waals surface area contributed by atoms with Gasteiger partial charge in [0.25, 0.3) is 5.91 Å². The minimum absolute atomic E-state index is 0.0263. The van der Waals surface area contributed by atoms with Gasteiger partial charge in [0.1, 0.15) is 5.69 Å². The number of piperidine rings is 1. The number of carbonyl (C=O) groups is 2. The highest BCUT2D eigenvalue weighted by atomic mass is 32.1. The summed E-state index contributed by atoms with van der Waals surface area (Å²) >= 11 is 1.53.